The molecule has 5 nitrogen and oxygen atoms in total. The summed E-state index contributed by atoms with van der Waals surface area (Å²) in [6.07, 6.45) is 4.24. The number of ether oxygens (including phenoxy) is 1. The predicted molar refractivity (Wildman–Crippen MR) is 86.2 cm³/mol. The highest BCUT2D eigenvalue weighted by molar-refractivity contribution is 8.00. The lowest BCUT2D eigenvalue weighted by Gasteiger charge is -2.08. The number of nitrogens with one attached hydrogen (secondary N) is 1. The number of nitrogens with zero attached hydrogens (tertiary/aromatic N) is 3. The first kappa shape index (κ1) is 15.0. The Morgan fingerprint density at radius 2 is 2.38 bits per heavy atom. The summed E-state index contributed by atoms with van der Waals surface area (Å²) >= 11 is 9.00. The van der Waals surface area contributed by atoms with Crippen molar-refractivity contribution in [1.29, 1.82) is 0 Å². The molecular formula is C13H15ClN4OS2. The largest absolute Gasteiger partial charge is 0.376 e. The third-order valence-corrected chi connectivity index (χ3v) is 5.32. The average molecular weight is 343 g/mol. The second-order valence-corrected chi connectivity index (χ2v) is 7.28. The van der Waals surface area contributed by atoms with Crippen molar-refractivity contribution in [2.24, 2.45) is 0 Å². The van der Waals surface area contributed by atoms with Gasteiger partial charge in [-0.25, -0.2) is 0 Å². The van der Waals surface area contributed by atoms with Gasteiger partial charge in [-0.15, -0.1) is 10.2 Å². The quantitative estimate of drug-likeness (QED) is 0.811. The molecule has 1 aliphatic heterocycles. The van der Waals surface area contributed by atoms with Crippen LogP contribution in [0.4, 0.5) is 5.13 Å². The van der Waals surface area contributed by atoms with E-state index in [9.17, 15) is 0 Å². The zero-order valence-corrected chi connectivity index (χ0v) is 13.7. The van der Waals surface area contributed by atoms with Crippen molar-refractivity contribution in [3.05, 3.63) is 29.0 Å². The monoisotopic (exact) mass is 342 g/mol. The Balaban J connectivity index is 1.46. The molecule has 1 unspecified atom stereocenters. The van der Waals surface area contributed by atoms with Gasteiger partial charge in [-0.05, 0) is 25.0 Å². The molecule has 3 rings (SSSR count). The summed E-state index contributed by atoms with van der Waals surface area (Å²) in [6, 6.07) is 3.77. The van der Waals surface area contributed by atoms with Crippen LogP contribution in [0.5, 0.6) is 0 Å². The number of rotatable bonds is 6. The summed E-state index contributed by atoms with van der Waals surface area (Å²) < 4.78 is 6.50. The molecule has 0 aromatic carbocycles. The van der Waals surface area contributed by atoms with Crippen molar-refractivity contribution in [3.8, 4) is 0 Å². The number of hydrogen-bond donors (Lipinski definition) is 1. The smallest absolute Gasteiger partial charge is 0.206 e. The van der Waals surface area contributed by atoms with Crippen molar-refractivity contribution in [3.63, 3.8) is 0 Å². The Kier molecular flexibility index (Phi) is 5.29. The molecule has 8 heteroatoms. The molecule has 0 aliphatic carbocycles. The first-order valence-corrected chi connectivity index (χ1v) is 8.90. The number of pyridine rings is 1. The molecule has 0 bridgehead atoms. The minimum atomic E-state index is 0.309. The van der Waals surface area contributed by atoms with Crippen molar-refractivity contribution >= 4 is 39.8 Å². The Morgan fingerprint density at radius 3 is 3.14 bits per heavy atom. The van der Waals surface area contributed by atoms with Gasteiger partial charge in [-0.1, -0.05) is 34.7 Å². The van der Waals surface area contributed by atoms with Gasteiger partial charge in [0.15, 0.2) is 4.34 Å². The third-order valence-electron chi connectivity index (χ3n) is 3.04. The number of aromatic nitrogens is 3. The van der Waals surface area contributed by atoms with Crippen LogP contribution in [0.3, 0.4) is 0 Å². The van der Waals surface area contributed by atoms with Crippen molar-refractivity contribution < 1.29 is 4.74 Å². The maximum atomic E-state index is 5.81. The van der Waals surface area contributed by atoms with Crippen LogP contribution in [0.15, 0.2) is 22.7 Å². The number of hydrogen-bond acceptors (Lipinski definition) is 7. The highest BCUT2D eigenvalue weighted by Crippen LogP contribution is 2.28. The molecule has 112 valence electrons. The maximum absolute atomic E-state index is 5.81. The molecule has 1 atom stereocenters. The lowest BCUT2D eigenvalue weighted by Crippen LogP contribution is -2.18. The van der Waals surface area contributed by atoms with Crippen LogP contribution in [-0.2, 0) is 10.5 Å². The molecule has 0 saturated carbocycles. The molecule has 1 N–H and O–H groups in total. The van der Waals surface area contributed by atoms with E-state index in [-0.39, 0.29) is 0 Å². The van der Waals surface area contributed by atoms with E-state index in [4.69, 9.17) is 16.3 Å². The van der Waals surface area contributed by atoms with Crippen LogP contribution >= 0.6 is 34.7 Å². The molecule has 21 heavy (non-hydrogen) atoms. The topological polar surface area (TPSA) is 59.9 Å². The molecular weight excluding hydrogens is 328 g/mol. The summed E-state index contributed by atoms with van der Waals surface area (Å²) in [6.45, 7) is 1.68. The summed E-state index contributed by atoms with van der Waals surface area (Å²) in [5.74, 6) is 0.761. The molecule has 1 fully saturated rings. The highest BCUT2D eigenvalue weighted by atomic mass is 35.5. The summed E-state index contributed by atoms with van der Waals surface area (Å²) in [5, 5.41) is 13.1. The SMILES string of the molecule is Clc1ccc(CSc2nnc(NCC3CCCO3)s2)nc1. The minimum absolute atomic E-state index is 0.309. The summed E-state index contributed by atoms with van der Waals surface area (Å²) in [7, 11) is 0. The first-order chi connectivity index (χ1) is 10.3. The molecule has 0 spiro atoms. The third kappa shape index (κ3) is 4.54. The van der Waals surface area contributed by atoms with Gasteiger partial charge in [-0.2, -0.15) is 0 Å². The Hall–Kier alpha value is -0.890. The molecule has 2 aromatic rings. The molecule has 1 saturated heterocycles. The number of halogens is 1. The van der Waals surface area contributed by atoms with Gasteiger partial charge in [0, 0.05) is 25.1 Å². The number of thioether (sulfide) groups is 1. The molecule has 0 amide bonds. The lowest BCUT2D eigenvalue weighted by molar-refractivity contribution is 0.120. The van der Waals surface area contributed by atoms with Gasteiger partial charge in [-0.3, -0.25) is 4.98 Å². The van der Waals surface area contributed by atoms with E-state index in [0.29, 0.717) is 11.1 Å². The Bertz CT molecular complexity index is 572. The normalized spacial score (nSPS) is 18.0. The van der Waals surface area contributed by atoms with Crippen LogP contribution in [0.1, 0.15) is 18.5 Å². The van der Waals surface area contributed by atoms with Gasteiger partial charge in [0.1, 0.15) is 0 Å². The highest BCUT2D eigenvalue weighted by Gasteiger charge is 2.15. The van der Waals surface area contributed by atoms with Crippen LogP contribution in [0, 0.1) is 0 Å². The lowest BCUT2D eigenvalue weighted by atomic mass is 10.2. The van der Waals surface area contributed by atoms with Crippen LogP contribution in [0.25, 0.3) is 0 Å². The predicted octanol–water partition coefficient (Wildman–Crippen LogP) is 3.47. The van der Waals surface area contributed by atoms with E-state index in [1.54, 1.807) is 29.3 Å². The summed E-state index contributed by atoms with van der Waals surface area (Å²) in [5.41, 5.74) is 0.980. The van der Waals surface area contributed by atoms with E-state index < -0.39 is 0 Å². The maximum Gasteiger partial charge on any atom is 0.206 e. The van der Waals surface area contributed by atoms with Crippen LogP contribution in [-0.4, -0.2) is 34.4 Å². The van der Waals surface area contributed by atoms with E-state index in [1.165, 1.54) is 0 Å². The molecule has 2 aromatic heterocycles. The molecule has 1 aliphatic rings. The van der Waals surface area contributed by atoms with Gasteiger partial charge in [0.2, 0.25) is 5.13 Å². The fourth-order valence-corrected chi connectivity index (χ4v) is 3.76. The minimum Gasteiger partial charge on any atom is -0.376 e. The van der Waals surface area contributed by atoms with Crippen molar-refractivity contribution in [2.45, 2.75) is 29.0 Å². The van der Waals surface area contributed by atoms with Crippen LogP contribution < -0.4 is 5.32 Å². The zero-order valence-electron chi connectivity index (χ0n) is 11.3. The van der Waals surface area contributed by atoms with Crippen molar-refractivity contribution in [1.82, 2.24) is 15.2 Å². The van der Waals surface area contributed by atoms with Crippen molar-refractivity contribution in [2.75, 3.05) is 18.5 Å². The van der Waals surface area contributed by atoms with E-state index in [0.717, 1.165) is 46.9 Å². The average Bonchev–Trinajstić information content (AvgIpc) is 3.16. The fraction of sp³-hybridized carbons (Fsp3) is 0.462. The number of anilines is 1. The fourth-order valence-electron chi connectivity index (χ4n) is 1.97. The standard InChI is InChI=1S/C13H15ClN4OS2/c14-9-3-4-10(15-6-9)8-20-13-18-17-12(21-13)16-7-11-2-1-5-19-11/h3-4,6,11H,1-2,5,7-8H2,(H,16,17). The van der Waals surface area contributed by atoms with Gasteiger partial charge < -0.3 is 10.1 Å². The zero-order chi connectivity index (χ0) is 14.5. The van der Waals surface area contributed by atoms with Gasteiger partial charge in [0.05, 0.1) is 16.8 Å². The van der Waals surface area contributed by atoms with Crippen LogP contribution in [0.2, 0.25) is 5.02 Å². The Morgan fingerprint density at radius 1 is 1.43 bits per heavy atom. The molecule has 0 radical (unpaired) electrons. The van der Waals surface area contributed by atoms with E-state index in [1.807, 2.05) is 12.1 Å². The van der Waals surface area contributed by atoms with E-state index >= 15 is 0 Å². The van der Waals surface area contributed by atoms with Gasteiger partial charge >= 0.3 is 0 Å². The molecule has 3 heterocycles. The van der Waals surface area contributed by atoms with Gasteiger partial charge in [0.25, 0.3) is 0 Å². The Labute approximate surface area is 136 Å². The second-order valence-electron chi connectivity index (χ2n) is 4.65. The first-order valence-electron chi connectivity index (χ1n) is 6.72. The second kappa shape index (κ2) is 7.40. The summed E-state index contributed by atoms with van der Waals surface area (Å²) in [4.78, 5) is 4.26. The van der Waals surface area contributed by atoms with E-state index in [2.05, 4.69) is 20.5 Å².